The summed E-state index contributed by atoms with van der Waals surface area (Å²) in [7, 11) is 2.51. The summed E-state index contributed by atoms with van der Waals surface area (Å²) in [5.74, 6) is -1.67. The van der Waals surface area contributed by atoms with Crippen molar-refractivity contribution in [3.05, 3.63) is 0 Å². The van der Waals surface area contributed by atoms with Gasteiger partial charge in [0.25, 0.3) is 0 Å². The van der Waals surface area contributed by atoms with Crippen LogP contribution in [-0.4, -0.2) is 32.2 Å². The molecule has 0 aromatic rings. The topological polar surface area (TPSA) is 78.6 Å². The van der Waals surface area contributed by atoms with Gasteiger partial charge >= 0.3 is 11.9 Å². The van der Waals surface area contributed by atoms with Crippen molar-refractivity contribution >= 4 is 11.9 Å². The number of nitrogens with two attached hydrogens (primary N) is 1. The highest BCUT2D eigenvalue weighted by molar-refractivity contribution is 5.84. The molecule has 0 radical (unpaired) electrons. The molecule has 5 nitrogen and oxygen atoms in total. The van der Waals surface area contributed by atoms with Gasteiger partial charge in [-0.3, -0.25) is 9.59 Å². The van der Waals surface area contributed by atoms with E-state index >= 15 is 0 Å². The fourth-order valence-electron chi connectivity index (χ4n) is 1.21. The molecule has 0 rings (SSSR count). The Morgan fingerprint density at radius 3 is 2.07 bits per heavy atom. The van der Waals surface area contributed by atoms with Crippen LogP contribution in [-0.2, 0) is 19.1 Å². The molecule has 0 spiro atoms. The second-order valence-electron chi connectivity index (χ2n) is 2.97. The van der Waals surface area contributed by atoms with Crippen LogP contribution >= 0.6 is 0 Å². The first-order valence-electron chi connectivity index (χ1n) is 4.49. The minimum Gasteiger partial charge on any atom is -0.469 e. The standard InChI is InChI=1S/C9H17NO4/c1-4-5-6(8(11)13-2)7(10)9(12)14-3/h6-7H,4-5,10H2,1-3H3/t6-,7-/m0/s1. The van der Waals surface area contributed by atoms with E-state index in [2.05, 4.69) is 9.47 Å². The zero-order valence-electron chi connectivity index (χ0n) is 8.78. The van der Waals surface area contributed by atoms with Crippen molar-refractivity contribution in [2.75, 3.05) is 14.2 Å². The van der Waals surface area contributed by atoms with Crippen LogP contribution in [0.2, 0.25) is 0 Å². The summed E-state index contributed by atoms with van der Waals surface area (Å²) in [4.78, 5) is 22.3. The molecular formula is C9H17NO4. The van der Waals surface area contributed by atoms with Gasteiger partial charge in [0.1, 0.15) is 6.04 Å². The van der Waals surface area contributed by atoms with Gasteiger partial charge in [0.2, 0.25) is 0 Å². The molecule has 0 aromatic carbocycles. The van der Waals surface area contributed by atoms with Gasteiger partial charge in [-0.2, -0.15) is 0 Å². The van der Waals surface area contributed by atoms with Crippen molar-refractivity contribution in [1.82, 2.24) is 0 Å². The molecule has 2 atom stereocenters. The number of rotatable bonds is 5. The molecule has 0 saturated heterocycles. The molecule has 0 heterocycles. The fraction of sp³-hybridized carbons (Fsp3) is 0.778. The summed E-state index contributed by atoms with van der Waals surface area (Å²) in [6.45, 7) is 1.90. The Labute approximate surface area is 83.5 Å². The maximum atomic E-state index is 11.3. The Balaban J connectivity index is 4.47. The van der Waals surface area contributed by atoms with E-state index < -0.39 is 23.9 Å². The molecule has 0 unspecified atom stereocenters. The van der Waals surface area contributed by atoms with Crippen LogP contribution in [0.5, 0.6) is 0 Å². The lowest BCUT2D eigenvalue weighted by Crippen LogP contribution is -2.43. The molecule has 14 heavy (non-hydrogen) atoms. The second-order valence-corrected chi connectivity index (χ2v) is 2.97. The van der Waals surface area contributed by atoms with E-state index in [0.29, 0.717) is 6.42 Å². The average molecular weight is 203 g/mol. The summed E-state index contributed by atoms with van der Waals surface area (Å²) in [5, 5.41) is 0. The highest BCUT2D eigenvalue weighted by atomic mass is 16.5. The number of hydrogen-bond acceptors (Lipinski definition) is 5. The molecule has 0 aromatic heterocycles. The van der Waals surface area contributed by atoms with E-state index in [4.69, 9.17) is 5.73 Å². The summed E-state index contributed by atoms with van der Waals surface area (Å²) < 4.78 is 9.02. The zero-order chi connectivity index (χ0) is 11.1. The average Bonchev–Trinajstić information content (AvgIpc) is 2.22. The predicted octanol–water partition coefficient (Wildman–Crippen LogP) is 0.0760. The maximum Gasteiger partial charge on any atom is 0.323 e. The van der Waals surface area contributed by atoms with Crippen molar-refractivity contribution < 1.29 is 19.1 Å². The highest BCUT2D eigenvalue weighted by Crippen LogP contribution is 2.13. The van der Waals surface area contributed by atoms with E-state index in [0.717, 1.165) is 6.42 Å². The smallest absolute Gasteiger partial charge is 0.323 e. The minimum absolute atomic E-state index is 0.468. The van der Waals surface area contributed by atoms with Crippen LogP contribution in [0.25, 0.3) is 0 Å². The van der Waals surface area contributed by atoms with Crippen LogP contribution in [0.3, 0.4) is 0 Å². The van der Waals surface area contributed by atoms with Gasteiger partial charge in [0, 0.05) is 0 Å². The largest absolute Gasteiger partial charge is 0.469 e. The predicted molar refractivity (Wildman–Crippen MR) is 50.4 cm³/mol. The molecule has 0 saturated carbocycles. The minimum atomic E-state index is -0.938. The number of ether oxygens (including phenoxy) is 2. The van der Waals surface area contributed by atoms with Crippen LogP contribution in [0.1, 0.15) is 19.8 Å². The highest BCUT2D eigenvalue weighted by Gasteiger charge is 2.31. The van der Waals surface area contributed by atoms with Gasteiger partial charge < -0.3 is 15.2 Å². The quantitative estimate of drug-likeness (QED) is 0.640. The van der Waals surface area contributed by atoms with Crippen molar-refractivity contribution in [2.24, 2.45) is 11.7 Å². The Kier molecular flexibility index (Phi) is 5.87. The number of carbonyl (C=O) groups excluding carboxylic acids is 2. The van der Waals surface area contributed by atoms with Gasteiger partial charge in [-0.1, -0.05) is 13.3 Å². The molecule has 0 aliphatic carbocycles. The van der Waals surface area contributed by atoms with E-state index in [1.807, 2.05) is 6.92 Å². The van der Waals surface area contributed by atoms with Gasteiger partial charge in [0.05, 0.1) is 20.1 Å². The van der Waals surface area contributed by atoms with Gasteiger partial charge in [-0.25, -0.2) is 0 Å². The van der Waals surface area contributed by atoms with E-state index in [9.17, 15) is 9.59 Å². The molecule has 0 bridgehead atoms. The fourth-order valence-corrected chi connectivity index (χ4v) is 1.21. The first kappa shape index (κ1) is 12.9. The third kappa shape index (κ3) is 3.33. The van der Waals surface area contributed by atoms with Crippen LogP contribution in [0, 0.1) is 5.92 Å². The SMILES string of the molecule is CCC[C@H](C(=O)OC)[C@H](N)C(=O)OC. The van der Waals surface area contributed by atoms with Crippen LogP contribution in [0.15, 0.2) is 0 Å². The van der Waals surface area contributed by atoms with E-state index in [1.54, 1.807) is 0 Å². The molecular weight excluding hydrogens is 186 g/mol. The monoisotopic (exact) mass is 203 g/mol. The third-order valence-corrected chi connectivity index (χ3v) is 2.01. The summed E-state index contributed by atoms with van der Waals surface area (Å²) >= 11 is 0. The molecule has 0 aliphatic rings. The normalized spacial score (nSPS) is 14.3. The molecule has 2 N–H and O–H groups in total. The molecule has 0 fully saturated rings. The molecule has 0 amide bonds. The first-order valence-corrected chi connectivity index (χ1v) is 4.49. The van der Waals surface area contributed by atoms with Crippen molar-refractivity contribution in [3.8, 4) is 0 Å². The van der Waals surface area contributed by atoms with E-state index in [1.165, 1.54) is 14.2 Å². The second kappa shape index (κ2) is 6.37. The Bertz CT molecular complexity index is 205. The van der Waals surface area contributed by atoms with E-state index in [-0.39, 0.29) is 0 Å². The number of carbonyl (C=O) groups is 2. The lowest BCUT2D eigenvalue weighted by atomic mass is 9.95. The Morgan fingerprint density at radius 1 is 1.21 bits per heavy atom. The number of methoxy groups -OCH3 is 2. The van der Waals surface area contributed by atoms with Crippen molar-refractivity contribution in [1.29, 1.82) is 0 Å². The third-order valence-electron chi connectivity index (χ3n) is 2.01. The molecule has 82 valence electrons. The summed E-state index contributed by atoms with van der Waals surface area (Å²) in [6.07, 6.45) is 1.27. The summed E-state index contributed by atoms with van der Waals surface area (Å²) in [5.41, 5.74) is 5.56. The van der Waals surface area contributed by atoms with Crippen LogP contribution < -0.4 is 5.73 Å². The van der Waals surface area contributed by atoms with Crippen molar-refractivity contribution in [3.63, 3.8) is 0 Å². The maximum absolute atomic E-state index is 11.3. The first-order chi connectivity index (χ1) is 6.58. The zero-order valence-corrected chi connectivity index (χ0v) is 8.78. The Hall–Kier alpha value is -1.10. The number of hydrogen-bond donors (Lipinski definition) is 1. The molecule has 5 heteroatoms. The van der Waals surface area contributed by atoms with Gasteiger partial charge in [-0.05, 0) is 6.42 Å². The summed E-state index contributed by atoms with van der Waals surface area (Å²) in [6, 6.07) is -0.938. The Morgan fingerprint density at radius 2 is 1.71 bits per heavy atom. The lowest BCUT2D eigenvalue weighted by molar-refractivity contribution is -0.153. The molecule has 0 aliphatic heterocycles. The van der Waals surface area contributed by atoms with Gasteiger partial charge in [0.15, 0.2) is 0 Å². The number of esters is 2. The lowest BCUT2D eigenvalue weighted by Gasteiger charge is -2.18. The van der Waals surface area contributed by atoms with Gasteiger partial charge in [-0.15, -0.1) is 0 Å². The van der Waals surface area contributed by atoms with Crippen molar-refractivity contribution in [2.45, 2.75) is 25.8 Å². The van der Waals surface area contributed by atoms with Crippen LogP contribution in [0.4, 0.5) is 0 Å².